The number of hydrogen-bond acceptors (Lipinski definition) is 3. The van der Waals surface area contributed by atoms with E-state index in [2.05, 4.69) is 5.32 Å². The lowest BCUT2D eigenvalue weighted by Gasteiger charge is -2.29. The quantitative estimate of drug-likeness (QED) is 0.834. The van der Waals surface area contributed by atoms with E-state index in [0.717, 1.165) is 31.4 Å². The number of hydrogen-bond donors (Lipinski definition) is 2. The molecule has 0 spiro atoms. The second-order valence-electron chi connectivity index (χ2n) is 5.55. The normalized spacial score (nSPS) is 16.7. The summed E-state index contributed by atoms with van der Waals surface area (Å²) in [6.45, 7) is 0. The molecule has 3 N–H and O–H groups in total. The van der Waals surface area contributed by atoms with Gasteiger partial charge in [-0.25, -0.2) is 0 Å². The highest BCUT2D eigenvalue weighted by Crippen LogP contribution is 2.30. The lowest BCUT2D eigenvalue weighted by molar-refractivity contribution is 0.0924. The van der Waals surface area contributed by atoms with Crippen molar-refractivity contribution in [1.82, 2.24) is 5.32 Å². The van der Waals surface area contributed by atoms with E-state index < -0.39 is 5.54 Å². The van der Waals surface area contributed by atoms with Crippen LogP contribution in [0.2, 0.25) is 0 Å². The van der Waals surface area contributed by atoms with Crippen molar-refractivity contribution < 1.29 is 4.79 Å². The molecule has 0 radical (unpaired) electrons. The maximum absolute atomic E-state index is 12.4. The smallest absolute Gasteiger partial charge is 0.252 e. The first-order valence-corrected chi connectivity index (χ1v) is 7.25. The van der Waals surface area contributed by atoms with Crippen LogP contribution >= 0.6 is 12.2 Å². The Morgan fingerprint density at radius 3 is 2.55 bits per heavy atom. The zero-order valence-corrected chi connectivity index (χ0v) is 12.8. The number of benzene rings is 1. The van der Waals surface area contributed by atoms with E-state index in [1.165, 1.54) is 0 Å². The molecule has 1 aromatic carbocycles. The number of nitrogens with zero attached hydrogens (tertiary/aromatic N) is 1. The predicted molar refractivity (Wildman–Crippen MR) is 86.2 cm³/mol. The number of nitrogens with one attached hydrogen (secondary N) is 1. The van der Waals surface area contributed by atoms with Gasteiger partial charge in [-0.2, -0.15) is 0 Å². The number of carbonyl (C=O) groups excluding carboxylic acids is 1. The first-order valence-electron chi connectivity index (χ1n) is 6.84. The molecule has 0 heterocycles. The van der Waals surface area contributed by atoms with Gasteiger partial charge >= 0.3 is 0 Å². The van der Waals surface area contributed by atoms with Crippen molar-refractivity contribution in [2.75, 3.05) is 19.0 Å². The molecule has 4 nitrogen and oxygen atoms in total. The summed E-state index contributed by atoms with van der Waals surface area (Å²) in [4.78, 5) is 14.8. The number of carbonyl (C=O) groups is 1. The van der Waals surface area contributed by atoms with Crippen LogP contribution in [0.15, 0.2) is 24.3 Å². The zero-order valence-electron chi connectivity index (χ0n) is 12.0. The largest absolute Gasteiger partial charge is 0.391 e. The second kappa shape index (κ2) is 5.79. The van der Waals surface area contributed by atoms with E-state index in [1.54, 1.807) is 0 Å². The molecule has 0 unspecified atom stereocenters. The van der Waals surface area contributed by atoms with Gasteiger partial charge in [-0.1, -0.05) is 31.1 Å². The van der Waals surface area contributed by atoms with Crippen molar-refractivity contribution >= 4 is 28.8 Å². The van der Waals surface area contributed by atoms with E-state index in [0.29, 0.717) is 10.6 Å². The molecule has 1 aliphatic rings. The highest BCUT2D eigenvalue weighted by Gasteiger charge is 2.38. The Morgan fingerprint density at radius 1 is 1.35 bits per heavy atom. The topological polar surface area (TPSA) is 58.4 Å². The minimum Gasteiger partial charge on any atom is -0.391 e. The summed E-state index contributed by atoms with van der Waals surface area (Å²) in [7, 11) is 3.90. The average molecular weight is 291 g/mol. The van der Waals surface area contributed by atoms with Gasteiger partial charge in [0.1, 0.15) is 0 Å². The van der Waals surface area contributed by atoms with Gasteiger partial charge in [0.05, 0.1) is 10.5 Å². The van der Waals surface area contributed by atoms with Crippen LogP contribution in [0.3, 0.4) is 0 Å². The van der Waals surface area contributed by atoms with Gasteiger partial charge in [0.15, 0.2) is 0 Å². The van der Waals surface area contributed by atoms with Crippen molar-refractivity contribution in [3.63, 3.8) is 0 Å². The molecule has 0 saturated heterocycles. The van der Waals surface area contributed by atoms with Gasteiger partial charge in [-0.15, -0.1) is 0 Å². The van der Waals surface area contributed by atoms with E-state index in [-0.39, 0.29) is 5.91 Å². The van der Waals surface area contributed by atoms with Crippen LogP contribution in [-0.4, -0.2) is 30.5 Å². The molecular formula is C15H21N3OS. The van der Waals surface area contributed by atoms with E-state index in [9.17, 15) is 4.79 Å². The summed E-state index contributed by atoms with van der Waals surface area (Å²) in [6.07, 6.45) is 3.77. The van der Waals surface area contributed by atoms with Crippen LogP contribution in [0.5, 0.6) is 0 Å². The van der Waals surface area contributed by atoms with Crippen molar-refractivity contribution in [1.29, 1.82) is 0 Å². The van der Waals surface area contributed by atoms with Gasteiger partial charge in [0, 0.05) is 25.3 Å². The summed E-state index contributed by atoms with van der Waals surface area (Å²) in [5.74, 6) is -0.108. The summed E-state index contributed by atoms with van der Waals surface area (Å²) in [6, 6.07) is 7.53. The lowest BCUT2D eigenvalue weighted by atomic mass is 9.97. The Labute approximate surface area is 125 Å². The minimum atomic E-state index is -0.499. The molecule has 0 bridgehead atoms. The third-order valence-electron chi connectivity index (χ3n) is 3.91. The molecule has 0 aromatic heterocycles. The minimum absolute atomic E-state index is 0.108. The van der Waals surface area contributed by atoms with E-state index in [4.69, 9.17) is 18.0 Å². The molecule has 1 aromatic rings. The first kappa shape index (κ1) is 14.8. The fourth-order valence-corrected chi connectivity index (χ4v) is 2.88. The number of nitrogens with two attached hydrogens (primary N) is 1. The number of rotatable bonds is 4. The van der Waals surface area contributed by atoms with Gasteiger partial charge < -0.3 is 16.0 Å². The molecule has 108 valence electrons. The van der Waals surface area contributed by atoms with Gasteiger partial charge in [-0.3, -0.25) is 4.79 Å². The molecule has 1 aliphatic carbocycles. The summed E-state index contributed by atoms with van der Waals surface area (Å²) < 4.78 is 0. The SMILES string of the molecule is CN(C)c1cccc(C(=O)NC2(C(N)=S)CCCC2)c1. The molecule has 1 amide bonds. The van der Waals surface area contributed by atoms with E-state index >= 15 is 0 Å². The average Bonchev–Trinajstić information content (AvgIpc) is 2.88. The highest BCUT2D eigenvalue weighted by atomic mass is 32.1. The first-order chi connectivity index (χ1) is 9.44. The summed E-state index contributed by atoms with van der Waals surface area (Å²) in [5, 5.41) is 3.05. The van der Waals surface area contributed by atoms with Gasteiger partial charge in [-0.05, 0) is 31.0 Å². The van der Waals surface area contributed by atoms with E-state index in [1.807, 2.05) is 43.3 Å². The molecule has 1 fully saturated rings. The van der Waals surface area contributed by atoms with Gasteiger partial charge in [0.2, 0.25) is 0 Å². The molecule has 2 rings (SSSR count). The highest BCUT2D eigenvalue weighted by molar-refractivity contribution is 7.80. The third kappa shape index (κ3) is 2.93. The molecular weight excluding hydrogens is 270 g/mol. The zero-order chi connectivity index (χ0) is 14.8. The number of anilines is 1. The van der Waals surface area contributed by atoms with Crippen LogP contribution in [-0.2, 0) is 0 Å². The van der Waals surface area contributed by atoms with Crippen molar-refractivity contribution in [2.24, 2.45) is 5.73 Å². The van der Waals surface area contributed by atoms with Crippen molar-refractivity contribution in [3.05, 3.63) is 29.8 Å². The summed E-state index contributed by atoms with van der Waals surface area (Å²) >= 11 is 5.16. The van der Waals surface area contributed by atoms with Crippen LogP contribution in [0.1, 0.15) is 36.0 Å². The monoisotopic (exact) mass is 291 g/mol. The van der Waals surface area contributed by atoms with Crippen molar-refractivity contribution in [3.8, 4) is 0 Å². The Morgan fingerprint density at radius 2 is 2.00 bits per heavy atom. The summed E-state index contributed by atoms with van der Waals surface area (Å²) in [5.41, 5.74) is 6.98. The fraction of sp³-hybridized carbons (Fsp3) is 0.467. The molecule has 0 aliphatic heterocycles. The fourth-order valence-electron chi connectivity index (χ4n) is 2.63. The predicted octanol–water partition coefficient (Wildman–Crippen LogP) is 2.08. The van der Waals surface area contributed by atoms with Gasteiger partial charge in [0.25, 0.3) is 5.91 Å². The third-order valence-corrected chi connectivity index (χ3v) is 4.30. The van der Waals surface area contributed by atoms with Crippen LogP contribution in [0.25, 0.3) is 0 Å². The molecule has 0 atom stereocenters. The Kier molecular flexibility index (Phi) is 4.28. The standard InChI is InChI=1S/C15H21N3OS/c1-18(2)12-7-5-6-11(10-12)13(19)17-15(14(16)20)8-3-4-9-15/h5-7,10H,3-4,8-9H2,1-2H3,(H2,16,20)(H,17,19). The second-order valence-corrected chi connectivity index (χ2v) is 5.99. The Hall–Kier alpha value is -1.62. The molecule has 20 heavy (non-hydrogen) atoms. The maximum Gasteiger partial charge on any atom is 0.252 e. The molecule has 5 heteroatoms. The van der Waals surface area contributed by atoms with Crippen LogP contribution in [0.4, 0.5) is 5.69 Å². The molecule has 1 saturated carbocycles. The number of thiocarbonyl (C=S) groups is 1. The van der Waals surface area contributed by atoms with Crippen LogP contribution in [0, 0.1) is 0 Å². The Balaban J connectivity index is 2.19. The maximum atomic E-state index is 12.4. The Bertz CT molecular complexity index is 522. The van der Waals surface area contributed by atoms with Crippen LogP contribution < -0.4 is 16.0 Å². The van der Waals surface area contributed by atoms with Crippen molar-refractivity contribution in [2.45, 2.75) is 31.2 Å². The lowest BCUT2D eigenvalue weighted by Crippen LogP contribution is -2.54. The number of amides is 1.